The van der Waals surface area contributed by atoms with Crippen molar-refractivity contribution in [2.45, 2.75) is 37.8 Å². The van der Waals surface area contributed by atoms with Crippen LogP contribution in [0.3, 0.4) is 0 Å². The van der Waals surface area contributed by atoms with Crippen molar-refractivity contribution >= 4 is 17.5 Å². The molecule has 3 aromatic rings. The second-order valence-corrected chi connectivity index (χ2v) is 8.13. The zero-order valence-electron chi connectivity index (χ0n) is 18.2. The van der Waals surface area contributed by atoms with Gasteiger partial charge in [-0.05, 0) is 49.1 Å². The molecule has 1 fully saturated rings. The number of hydrogen-bond donors (Lipinski definition) is 2. The second kappa shape index (κ2) is 10.2. The van der Waals surface area contributed by atoms with Crippen molar-refractivity contribution in [3.63, 3.8) is 0 Å². The fraction of sp³-hybridized carbons (Fsp3) is 0.259. The molecule has 0 bridgehead atoms. The van der Waals surface area contributed by atoms with Gasteiger partial charge in [-0.15, -0.1) is 0 Å². The molecule has 1 heterocycles. The molecule has 1 saturated heterocycles. The van der Waals surface area contributed by atoms with Crippen molar-refractivity contribution < 1.29 is 14.3 Å². The van der Waals surface area contributed by atoms with E-state index in [0.717, 1.165) is 24.0 Å². The van der Waals surface area contributed by atoms with Crippen LogP contribution < -0.4 is 10.6 Å². The Kier molecular flexibility index (Phi) is 6.97. The molecule has 2 N–H and O–H groups in total. The number of nitrogens with one attached hydrogen (secondary N) is 2. The maximum atomic E-state index is 13.1. The van der Waals surface area contributed by atoms with Crippen LogP contribution in [0.5, 0.6) is 0 Å². The molecule has 0 aliphatic carbocycles. The Labute approximate surface area is 188 Å². The first kappa shape index (κ1) is 21.8. The van der Waals surface area contributed by atoms with Crippen molar-refractivity contribution in [3.8, 4) is 0 Å². The minimum Gasteiger partial charge on any atom is -0.368 e. The second-order valence-electron chi connectivity index (χ2n) is 8.13. The monoisotopic (exact) mass is 428 g/mol. The minimum atomic E-state index is -0.412. The molecule has 0 saturated carbocycles. The molecule has 0 spiro atoms. The number of ether oxygens (including phenoxy) is 1. The third-order valence-electron chi connectivity index (χ3n) is 5.79. The highest BCUT2D eigenvalue weighted by Crippen LogP contribution is 2.28. The van der Waals surface area contributed by atoms with Crippen LogP contribution in [0, 0.1) is 0 Å². The van der Waals surface area contributed by atoms with Crippen molar-refractivity contribution in [3.05, 3.63) is 102 Å². The summed E-state index contributed by atoms with van der Waals surface area (Å²) in [5.41, 5.74) is 3.38. The van der Waals surface area contributed by atoms with E-state index in [1.807, 2.05) is 43.3 Å². The lowest BCUT2D eigenvalue weighted by molar-refractivity contribution is -0.124. The van der Waals surface area contributed by atoms with Gasteiger partial charge in [-0.1, -0.05) is 66.7 Å². The Morgan fingerprint density at radius 3 is 2.16 bits per heavy atom. The maximum Gasteiger partial charge on any atom is 0.253 e. The first-order valence-corrected chi connectivity index (χ1v) is 11.0. The van der Waals surface area contributed by atoms with Crippen LogP contribution in [0.15, 0.2) is 84.9 Å². The Hall–Kier alpha value is -3.44. The van der Waals surface area contributed by atoms with Crippen LogP contribution in [0.1, 0.15) is 47.2 Å². The van der Waals surface area contributed by atoms with Gasteiger partial charge in [0.15, 0.2) is 0 Å². The van der Waals surface area contributed by atoms with Crippen LogP contribution in [0.4, 0.5) is 5.69 Å². The van der Waals surface area contributed by atoms with Crippen molar-refractivity contribution in [2.75, 3.05) is 11.9 Å². The number of anilines is 1. The lowest BCUT2D eigenvalue weighted by atomic mass is 9.85. The maximum absolute atomic E-state index is 13.1. The zero-order valence-corrected chi connectivity index (χ0v) is 18.2. The fourth-order valence-electron chi connectivity index (χ4n) is 4.21. The topological polar surface area (TPSA) is 67.4 Å². The number of hydrogen-bond acceptors (Lipinski definition) is 3. The Bertz CT molecular complexity index is 1010. The molecule has 5 heteroatoms. The third-order valence-corrected chi connectivity index (χ3v) is 5.79. The van der Waals surface area contributed by atoms with E-state index in [4.69, 9.17) is 4.74 Å². The minimum absolute atomic E-state index is 0.0174. The zero-order chi connectivity index (χ0) is 22.3. The summed E-state index contributed by atoms with van der Waals surface area (Å²) < 4.78 is 5.44. The summed E-state index contributed by atoms with van der Waals surface area (Å²) in [6.07, 6.45) is 1.21. The van der Waals surface area contributed by atoms with E-state index < -0.39 is 6.10 Å². The Morgan fingerprint density at radius 2 is 1.56 bits per heavy atom. The molecular formula is C27H28N2O3. The van der Waals surface area contributed by atoms with Gasteiger partial charge < -0.3 is 15.4 Å². The highest BCUT2D eigenvalue weighted by Gasteiger charge is 2.25. The number of carbonyl (C=O) groups is 2. The quantitative estimate of drug-likeness (QED) is 0.570. The van der Waals surface area contributed by atoms with Crippen LogP contribution >= 0.6 is 0 Å². The Morgan fingerprint density at radius 1 is 0.906 bits per heavy atom. The summed E-state index contributed by atoms with van der Waals surface area (Å²) >= 11 is 0. The highest BCUT2D eigenvalue weighted by molar-refractivity contribution is 5.98. The summed E-state index contributed by atoms with van der Waals surface area (Å²) in [5, 5.41) is 6.02. The van der Waals surface area contributed by atoms with Gasteiger partial charge in [0, 0.05) is 29.8 Å². The highest BCUT2D eigenvalue weighted by atomic mass is 16.5. The summed E-state index contributed by atoms with van der Waals surface area (Å²) in [6, 6.07) is 27.2. The normalized spacial score (nSPS) is 16.5. The molecule has 4 rings (SSSR count). The van der Waals surface area contributed by atoms with Gasteiger partial charge in [-0.3, -0.25) is 9.59 Å². The molecule has 2 atom stereocenters. The van der Waals surface area contributed by atoms with E-state index in [1.54, 1.807) is 24.3 Å². The molecule has 1 aliphatic heterocycles. The largest absolute Gasteiger partial charge is 0.368 e. The van der Waals surface area contributed by atoms with Gasteiger partial charge in [0.25, 0.3) is 11.8 Å². The predicted octanol–water partition coefficient (Wildman–Crippen LogP) is 4.75. The summed E-state index contributed by atoms with van der Waals surface area (Å²) in [5.74, 6) is -0.326. The SMILES string of the molecule is CC(NC(=O)c1cccc(NC(=O)C2CCCO2)c1)C(c1ccccc1)c1ccccc1. The van der Waals surface area contributed by atoms with E-state index in [1.165, 1.54) is 0 Å². The molecule has 1 aliphatic rings. The van der Waals surface area contributed by atoms with Gasteiger partial charge in [-0.25, -0.2) is 0 Å². The van der Waals surface area contributed by atoms with Crippen molar-refractivity contribution in [1.29, 1.82) is 0 Å². The first-order valence-electron chi connectivity index (χ1n) is 11.0. The lowest BCUT2D eigenvalue weighted by Crippen LogP contribution is -2.37. The number of benzene rings is 3. The van der Waals surface area contributed by atoms with Crippen LogP contribution in [-0.2, 0) is 9.53 Å². The molecule has 0 aromatic heterocycles. The number of carbonyl (C=O) groups excluding carboxylic acids is 2. The average molecular weight is 429 g/mol. The summed E-state index contributed by atoms with van der Waals surface area (Å²) in [7, 11) is 0. The van der Waals surface area contributed by atoms with E-state index in [2.05, 4.69) is 34.9 Å². The van der Waals surface area contributed by atoms with E-state index in [0.29, 0.717) is 17.9 Å². The van der Waals surface area contributed by atoms with Gasteiger partial charge in [-0.2, -0.15) is 0 Å². The van der Waals surface area contributed by atoms with Crippen molar-refractivity contribution in [2.24, 2.45) is 0 Å². The smallest absolute Gasteiger partial charge is 0.253 e. The number of amides is 2. The predicted molar refractivity (Wildman–Crippen MR) is 126 cm³/mol. The van der Waals surface area contributed by atoms with Gasteiger partial charge in [0.1, 0.15) is 6.10 Å². The van der Waals surface area contributed by atoms with Gasteiger partial charge in [0.2, 0.25) is 0 Å². The molecular weight excluding hydrogens is 400 g/mol. The van der Waals surface area contributed by atoms with Gasteiger partial charge >= 0.3 is 0 Å². The molecule has 2 amide bonds. The standard InChI is InChI=1S/C27H28N2O3/c1-19(25(20-10-4-2-5-11-20)21-12-6-3-7-13-21)28-26(30)22-14-8-15-23(18-22)29-27(31)24-16-9-17-32-24/h2-8,10-15,18-19,24-25H,9,16-17H2,1H3,(H,28,30)(H,29,31). The lowest BCUT2D eigenvalue weighted by Gasteiger charge is -2.26. The fourth-order valence-corrected chi connectivity index (χ4v) is 4.21. The summed E-state index contributed by atoms with van der Waals surface area (Å²) in [4.78, 5) is 25.4. The van der Waals surface area contributed by atoms with Crippen molar-refractivity contribution in [1.82, 2.24) is 5.32 Å². The molecule has 32 heavy (non-hydrogen) atoms. The molecule has 2 unspecified atom stereocenters. The van der Waals surface area contributed by atoms with E-state index in [-0.39, 0.29) is 23.8 Å². The number of rotatable bonds is 7. The van der Waals surface area contributed by atoms with Gasteiger partial charge in [0.05, 0.1) is 0 Å². The van der Waals surface area contributed by atoms with Crippen LogP contribution in [-0.4, -0.2) is 30.6 Å². The Balaban J connectivity index is 1.49. The molecule has 0 radical (unpaired) electrons. The third kappa shape index (κ3) is 5.24. The first-order chi connectivity index (χ1) is 15.6. The van der Waals surface area contributed by atoms with Crippen LogP contribution in [0.2, 0.25) is 0 Å². The van der Waals surface area contributed by atoms with E-state index in [9.17, 15) is 9.59 Å². The van der Waals surface area contributed by atoms with E-state index >= 15 is 0 Å². The molecule has 5 nitrogen and oxygen atoms in total. The average Bonchev–Trinajstić information content (AvgIpc) is 3.36. The van der Waals surface area contributed by atoms with Crippen LogP contribution in [0.25, 0.3) is 0 Å². The molecule has 3 aromatic carbocycles. The molecule has 164 valence electrons. The summed E-state index contributed by atoms with van der Waals surface area (Å²) in [6.45, 7) is 2.63.